The molecule has 4 rings (SSSR count). The Morgan fingerprint density at radius 2 is 1.71 bits per heavy atom. The molecule has 5 N–H and O–H groups in total. The lowest BCUT2D eigenvalue weighted by Gasteiger charge is -2.19. The molecule has 0 radical (unpaired) electrons. The monoisotopic (exact) mass is 592 g/mol. The van der Waals surface area contributed by atoms with Crippen LogP contribution in [0.2, 0.25) is 10.0 Å². The third kappa shape index (κ3) is 7.37. The predicted molar refractivity (Wildman–Crippen MR) is 155 cm³/mol. The van der Waals surface area contributed by atoms with E-state index in [4.69, 9.17) is 29.6 Å². The number of carboxylic acids is 1. The lowest BCUT2D eigenvalue weighted by atomic mass is 10.1. The standard InChI is InChI=1S/C30H26Cl2N4O5/c1-2-17-6-5-7-18(12-17)15-33-27(37)20-13-22(31)26(23(32)14-20)28(38)35-25(29(39)40)16-34-30(41)36-24-11-10-19-8-3-4-9-21(19)24/h1,3-9,12-14,24-25H,10-11,15-16H2,(H,33,37)(H,35,38)(H,39,40)(H2,34,36,41)/t24-,25+/m1/s1. The van der Waals surface area contributed by atoms with Crippen LogP contribution < -0.4 is 21.3 Å². The lowest BCUT2D eigenvalue weighted by Crippen LogP contribution is -2.50. The summed E-state index contributed by atoms with van der Waals surface area (Å²) in [6, 6.07) is 15.2. The summed E-state index contributed by atoms with van der Waals surface area (Å²) < 4.78 is 0. The number of carbonyl (C=O) groups is 4. The van der Waals surface area contributed by atoms with Crippen LogP contribution in [0.5, 0.6) is 0 Å². The van der Waals surface area contributed by atoms with Crippen molar-refractivity contribution in [3.8, 4) is 12.3 Å². The molecule has 41 heavy (non-hydrogen) atoms. The van der Waals surface area contributed by atoms with Gasteiger partial charge in [0.2, 0.25) is 0 Å². The van der Waals surface area contributed by atoms with Crippen molar-refractivity contribution in [1.29, 1.82) is 0 Å². The average Bonchev–Trinajstić information content (AvgIpc) is 3.36. The molecule has 0 aliphatic heterocycles. The SMILES string of the molecule is C#Cc1cccc(CNC(=O)c2cc(Cl)c(C(=O)N[C@@H](CNC(=O)N[C@@H]3CCc4ccccc43)C(=O)O)c(Cl)c2)c1. The fourth-order valence-electron chi connectivity index (χ4n) is 4.52. The van der Waals surface area contributed by atoms with Crippen LogP contribution in [0, 0.1) is 12.3 Å². The summed E-state index contributed by atoms with van der Waals surface area (Å²) in [6.07, 6.45) is 6.97. The number of halogens is 2. The smallest absolute Gasteiger partial charge is 0.328 e. The third-order valence-electron chi connectivity index (χ3n) is 6.59. The summed E-state index contributed by atoms with van der Waals surface area (Å²) in [5, 5.41) is 19.7. The van der Waals surface area contributed by atoms with Gasteiger partial charge in [0.25, 0.3) is 11.8 Å². The number of carboxylic acid groups (broad SMARTS) is 1. The van der Waals surface area contributed by atoms with Gasteiger partial charge in [-0.1, -0.05) is 65.5 Å². The van der Waals surface area contributed by atoms with Gasteiger partial charge in [-0.3, -0.25) is 9.59 Å². The maximum atomic E-state index is 12.9. The molecule has 4 amide bonds. The zero-order chi connectivity index (χ0) is 29.5. The number of rotatable bonds is 9. The van der Waals surface area contributed by atoms with E-state index in [2.05, 4.69) is 27.2 Å². The van der Waals surface area contributed by atoms with E-state index in [9.17, 15) is 24.3 Å². The van der Waals surface area contributed by atoms with Gasteiger partial charge in [-0.15, -0.1) is 6.42 Å². The number of hydrogen-bond acceptors (Lipinski definition) is 4. The van der Waals surface area contributed by atoms with Crippen molar-refractivity contribution in [2.75, 3.05) is 6.54 Å². The van der Waals surface area contributed by atoms with Gasteiger partial charge in [-0.05, 0) is 53.8 Å². The summed E-state index contributed by atoms with van der Waals surface area (Å²) >= 11 is 12.6. The molecule has 1 aliphatic carbocycles. The van der Waals surface area contributed by atoms with Gasteiger partial charge in [0.15, 0.2) is 0 Å². The van der Waals surface area contributed by atoms with Crippen LogP contribution in [0.15, 0.2) is 60.7 Å². The third-order valence-corrected chi connectivity index (χ3v) is 7.18. The maximum Gasteiger partial charge on any atom is 0.328 e. The van der Waals surface area contributed by atoms with Crippen molar-refractivity contribution in [2.45, 2.75) is 31.5 Å². The Morgan fingerprint density at radius 1 is 0.976 bits per heavy atom. The molecule has 0 bridgehead atoms. The fourth-order valence-corrected chi connectivity index (χ4v) is 5.18. The highest BCUT2D eigenvalue weighted by molar-refractivity contribution is 6.40. The second kappa shape index (κ2) is 13.2. The number of amides is 4. The molecule has 0 saturated carbocycles. The summed E-state index contributed by atoms with van der Waals surface area (Å²) in [7, 11) is 0. The molecule has 0 fully saturated rings. The van der Waals surface area contributed by atoms with E-state index >= 15 is 0 Å². The van der Waals surface area contributed by atoms with Gasteiger partial charge in [-0.25, -0.2) is 9.59 Å². The molecular formula is C30H26Cl2N4O5. The number of terminal acetylenes is 1. The van der Waals surface area contributed by atoms with E-state index in [0.717, 1.165) is 29.5 Å². The molecule has 0 unspecified atom stereocenters. The molecule has 11 heteroatoms. The molecule has 210 valence electrons. The second-order valence-corrected chi connectivity index (χ2v) is 10.2. The summed E-state index contributed by atoms with van der Waals surface area (Å²) in [4.78, 5) is 49.9. The average molecular weight is 593 g/mol. The number of urea groups is 1. The molecule has 3 aromatic carbocycles. The van der Waals surface area contributed by atoms with E-state index in [1.165, 1.54) is 12.1 Å². The molecule has 0 spiro atoms. The largest absolute Gasteiger partial charge is 0.480 e. The Morgan fingerprint density at radius 3 is 2.41 bits per heavy atom. The highest BCUT2D eigenvalue weighted by Crippen LogP contribution is 2.30. The van der Waals surface area contributed by atoms with Crippen LogP contribution in [-0.2, 0) is 17.8 Å². The minimum Gasteiger partial charge on any atom is -0.480 e. The minimum atomic E-state index is -1.47. The topological polar surface area (TPSA) is 137 Å². The van der Waals surface area contributed by atoms with Gasteiger partial charge in [0.1, 0.15) is 6.04 Å². The van der Waals surface area contributed by atoms with E-state index in [0.29, 0.717) is 5.56 Å². The molecular weight excluding hydrogens is 567 g/mol. The van der Waals surface area contributed by atoms with Crippen LogP contribution in [0.3, 0.4) is 0 Å². The number of carbonyl (C=O) groups excluding carboxylic acids is 3. The zero-order valence-corrected chi connectivity index (χ0v) is 23.2. The second-order valence-electron chi connectivity index (χ2n) is 9.35. The lowest BCUT2D eigenvalue weighted by molar-refractivity contribution is -0.139. The van der Waals surface area contributed by atoms with E-state index < -0.39 is 36.4 Å². The Balaban J connectivity index is 1.35. The number of aryl methyl sites for hydroxylation is 1. The first-order valence-corrected chi connectivity index (χ1v) is 13.4. The zero-order valence-electron chi connectivity index (χ0n) is 21.7. The van der Waals surface area contributed by atoms with Gasteiger partial charge >= 0.3 is 12.0 Å². The van der Waals surface area contributed by atoms with Crippen LogP contribution >= 0.6 is 23.2 Å². The van der Waals surface area contributed by atoms with Crippen molar-refractivity contribution < 1.29 is 24.3 Å². The van der Waals surface area contributed by atoms with E-state index in [-0.39, 0.29) is 33.8 Å². The quantitative estimate of drug-likeness (QED) is 0.238. The van der Waals surface area contributed by atoms with Crippen molar-refractivity contribution in [3.63, 3.8) is 0 Å². The van der Waals surface area contributed by atoms with Crippen LogP contribution in [0.4, 0.5) is 4.79 Å². The first-order valence-electron chi connectivity index (χ1n) is 12.6. The number of benzene rings is 3. The number of hydrogen-bond donors (Lipinski definition) is 5. The maximum absolute atomic E-state index is 12.9. The number of nitrogens with one attached hydrogen (secondary N) is 4. The molecule has 2 atom stereocenters. The molecule has 0 aromatic heterocycles. The fraction of sp³-hybridized carbons (Fsp3) is 0.200. The first kappa shape index (κ1) is 29.5. The van der Waals surface area contributed by atoms with Gasteiger partial charge < -0.3 is 26.4 Å². The molecule has 0 heterocycles. The van der Waals surface area contributed by atoms with Crippen molar-refractivity contribution in [1.82, 2.24) is 21.3 Å². The Kier molecular flexibility index (Phi) is 9.50. The molecule has 0 saturated heterocycles. The minimum absolute atomic E-state index is 0.103. The molecule has 1 aliphatic rings. The molecule has 9 nitrogen and oxygen atoms in total. The summed E-state index contributed by atoms with van der Waals surface area (Å²) in [5.74, 6) is -0.217. The number of fused-ring (bicyclic) bond motifs is 1. The summed E-state index contributed by atoms with van der Waals surface area (Å²) in [5.41, 5.74) is 3.53. The Bertz CT molecular complexity index is 1530. The van der Waals surface area contributed by atoms with Gasteiger partial charge in [0, 0.05) is 17.7 Å². The first-order chi connectivity index (χ1) is 19.7. The van der Waals surface area contributed by atoms with E-state index in [1.807, 2.05) is 24.3 Å². The highest BCUT2D eigenvalue weighted by Gasteiger charge is 2.27. The Hall–Kier alpha value is -4.52. The van der Waals surface area contributed by atoms with Gasteiger partial charge in [0.05, 0.1) is 28.2 Å². The number of aliphatic carboxylic acids is 1. The van der Waals surface area contributed by atoms with Gasteiger partial charge in [-0.2, -0.15) is 0 Å². The normalized spacial score (nSPS) is 14.2. The summed E-state index contributed by atoms with van der Waals surface area (Å²) in [6.45, 7) is -0.197. The van der Waals surface area contributed by atoms with Crippen LogP contribution in [0.1, 0.15) is 55.4 Å². The van der Waals surface area contributed by atoms with Crippen molar-refractivity contribution in [3.05, 3.63) is 104 Å². The van der Waals surface area contributed by atoms with E-state index in [1.54, 1.807) is 24.3 Å². The molecule has 3 aromatic rings. The van der Waals surface area contributed by atoms with Crippen molar-refractivity contribution in [2.24, 2.45) is 0 Å². The van der Waals surface area contributed by atoms with Crippen molar-refractivity contribution >= 4 is 47.0 Å². The van der Waals surface area contributed by atoms with Crippen LogP contribution in [0.25, 0.3) is 0 Å². The van der Waals surface area contributed by atoms with Crippen LogP contribution in [-0.4, -0.2) is 41.5 Å². The highest BCUT2D eigenvalue weighted by atomic mass is 35.5. The Labute approximate surface area is 246 Å². The predicted octanol–water partition coefficient (Wildman–Crippen LogP) is 4.07.